The van der Waals surface area contributed by atoms with Crippen LogP contribution in [-0.4, -0.2) is 17.1 Å². The third-order valence-corrected chi connectivity index (χ3v) is 3.42. The van der Waals surface area contributed by atoms with Gasteiger partial charge in [0.25, 0.3) is 0 Å². The second kappa shape index (κ2) is 6.54. The van der Waals surface area contributed by atoms with E-state index < -0.39 is 0 Å². The lowest BCUT2D eigenvalue weighted by Gasteiger charge is -2.14. The van der Waals surface area contributed by atoms with Crippen molar-refractivity contribution < 1.29 is 9.47 Å². The zero-order valence-corrected chi connectivity index (χ0v) is 13.2. The summed E-state index contributed by atoms with van der Waals surface area (Å²) in [5.41, 5.74) is 8.51. The quantitative estimate of drug-likeness (QED) is 0.858. The van der Waals surface area contributed by atoms with Gasteiger partial charge in [-0.25, -0.2) is 4.98 Å². The Hall–Kier alpha value is -2.14. The molecule has 0 radical (unpaired) electrons. The number of nitrogens with zero attached hydrogens (tertiary/aromatic N) is 1. The third kappa shape index (κ3) is 3.31. The molecule has 0 amide bonds. The van der Waals surface area contributed by atoms with Gasteiger partial charge in [0.05, 0.1) is 12.7 Å². The number of nitrogens with two attached hydrogens (primary N) is 1. The summed E-state index contributed by atoms with van der Waals surface area (Å²) in [6.45, 7) is 4.00. The third-order valence-electron chi connectivity index (χ3n) is 3.21. The molecule has 21 heavy (non-hydrogen) atoms. The molecule has 2 aromatic rings. The Balaban J connectivity index is 2.43. The van der Waals surface area contributed by atoms with Crippen LogP contribution < -0.4 is 15.2 Å². The van der Waals surface area contributed by atoms with Gasteiger partial charge in [0.1, 0.15) is 4.99 Å². The van der Waals surface area contributed by atoms with Crippen LogP contribution in [0.4, 0.5) is 0 Å². The van der Waals surface area contributed by atoms with E-state index in [1.807, 2.05) is 31.2 Å². The second-order valence-corrected chi connectivity index (χ2v) is 5.05. The maximum atomic E-state index is 5.87. The number of benzene rings is 1. The van der Waals surface area contributed by atoms with E-state index in [9.17, 15) is 0 Å². The fraction of sp³-hybridized carbons (Fsp3) is 0.250. The first-order valence-corrected chi connectivity index (χ1v) is 7.07. The Morgan fingerprint density at radius 2 is 2.05 bits per heavy atom. The van der Waals surface area contributed by atoms with E-state index in [0.717, 1.165) is 12.0 Å². The molecule has 0 spiro atoms. The molecule has 0 unspecified atom stereocenters. The predicted molar refractivity (Wildman–Crippen MR) is 87.3 cm³/mol. The molecule has 0 atom stereocenters. The second-order valence-electron chi connectivity index (χ2n) is 4.61. The van der Waals surface area contributed by atoms with Crippen LogP contribution in [-0.2, 0) is 6.42 Å². The van der Waals surface area contributed by atoms with Crippen molar-refractivity contribution in [3.05, 3.63) is 47.2 Å². The lowest BCUT2D eigenvalue weighted by atomic mass is 10.1. The van der Waals surface area contributed by atoms with Gasteiger partial charge in [0, 0.05) is 6.20 Å². The SMILES string of the molecule is CCc1ccc(Oc2nccc(C)c2C(N)=S)c(OC)c1. The molecule has 5 heteroatoms. The van der Waals surface area contributed by atoms with Crippen molar-refractivity contribution in [2.24, 2.45) is 5.73 Å². The number of ether oxygens (including phenoxy) is 2. The minimum atomic E-state index is 0.264. The average molecular weight is 302 g/mol. The highest BCUT2D eigenvalue weighted by atomic mass is 32.1. The summed E-state index contributed by atoms with van der Waals surface area (Å²) in [5, 5.41) is 0. The molecule has 0 fully saturated rings. The summed E-state index contributed by atoms with van der Waals surface area (Å²) in [6.07, 6.45) is 2.59. The molecule has 2 N–H and O–H groups in total. The molecule has 1 aromatic heterocycles. The molecule has 2 rings (SSSR count). The Morgan fingerprint density at radius 3 is 2.67 bits per heavy atom. The molecule has 0 saturated carbocycles. The van der Waals surface area contributed by atoms with Crippen LogP contribution in [0.3, 0.4) is 0 Å². The number of hydrogen-bond donors (Lipinski definition) is 1. The molecule has 1 aromatic carbocycles. The number of thiocarbonyl (C=S) groups is 1. The van der Waals surface area contributed by atoms with Gasteiger partial charge in [-0.15, -0.1) is 0 Å². The van der Waals surface area contributed by atoms with E-state index in [4.69, 9.17) is 27.4 Å². The lowest BCUT2D eigenvalue weighted by Crippen LogP contribution is -2.13. The summed E-state index contributed by atoms with van der Waals surface area (Å²) in [7, 11) is 1.61. The first-order chi connectivity index (χ1) is 10.1. The van der Waals surface area contributed by atoms with Crippen LogP contribution >= 0.6 is 12.2 Å². The zero-order valence-electron chi connectivity index (χ0n) is 12.3. The molecule has 1 heterocycles. The molecule has 4 nitrogen and oxygen atoms in total. The maximum Gasteiger partial charge on any atom is 0.229 e. The largest absolute Gasteiger partial charge is 0.493 e. The van der Waals surface area contributed by atoms with E-state index in [0.29, 0.717) is 22.9 Å². The zero-order chi connectivity index (χ0) is 15.4. The summed E-state index contributed by atoms with van der Waals surface area (Å²) >= 11 is 5.08. The number of aryl methyl sites for hydroxylation is 2. The number of hydrogen-bond acceptors (Lipinski definition) is 4. The van der Waals surface area contributed by atoms with Gasteiger partial charge in [-0.05, 0) is 42.7 Å². The standard InChI is InChI=1S/C16H18N2O2S/c1-4-11-5-6-12(13(9-11)19-3)20-16-14(15(17)21)10(2)7-8-18-16/h5-9H,4H2,1-3H3,(H2,17,21). The fourth-order valence-corrected chi connectivity index (χ4v) is 2.28. The molecule has 0 aliphatic heterocycles. The molecule has 110 valence electrons. The first kappa shape index (κ1) is 15.3. The normalized spacial score (nSPS) is 10.2. The van der Waals surface area contributed by atoms with Crippen molar-refractivity contribution in [2.45, 2.75) is 20.3 Å². The van der Waals surface area contributed by atoms with Crippen LogP contribution in [0.1, 0.15) is 23.6 Å². The van der Waals surface area contributed by atoms with Gasteiger partial charge in [0.2, 0.25) is 5.88 Å². The number of methoxy groups -OCH3 is 1. The van der Waals surface area contributed by atoms with Crippen LogP contribution in [0.5, 0.6) is 17.4 Å². The summed E-state index contributed by atoms with van der Waals surface area (Å²) < 4.78 is 11.2. The van der Waals surface area contributed by atoms with Crippen molar-refractivity contribution in [3.8, 4) is 17.4 Å². The average Bonchev–Trinajstić information content (AvgIpc) is 2.47. The molecular weight excluding hydrogens is 284 g/mol. The van der Waals surface area contributed by atoms with Gasteiger partial charge in [-0.3, -0.25) is 0 Å². The van der Waals surface area contributed by atoms with E-state index in [1.54, 1.807) is 13.3 Å². The molecule has 0 bridgehead atoms. The highest BCUT2D eigenvalue weighted by Crippen LogP contribution is 2.33. The van der Waals surface area contributed by atoms with E-state index >= 15 is 0 Å². The predicted octanol–water partition coefficient (Wildman–Crippen LogP) is 3.39. The minimum Gasteiger partial charge on any atom is -0.493 e. The summed E-state index contributed by atoms with van der Waals surface area (Å²) in [6, 6.07) is 7.66. The van der Waals surface area contributed by atoms with Crippen LogP contribution in [0.25, 0.3) is 0 Å². The van der Waals surface area contributed by atoms with Crippen molar-refractivity contribution in [1.82, 2.24) is 4.98 Å². The smallest absolute Gasteiger partial charge is 0.229 e. The molecule has 0 saturated heterocycles. The van der Waals surface area contributed by atoms with Crippen molar-refractivity contribution in [2.75, 3.05) is 7.11 Å². The van der Waals surface area contributed by atoms with Gasteiger partial charge in [0.15, 0.2) is 11.5 Å². The summed E-state index contributed by atoms with van der Waals surface area (Å²) in [4.78, 5) is 4.49. The lowest BCUT2D eigenvalue weighted by molar-refractivity contribution is 0.373. The number of aromatic nitrogens is 1. The van der Waals surface area contributed by atoms with E-state index in [2.05, 4.69) is 11.9 Å². The van der Waals surface area contributed by atoms with Gasteiger partial charge in [-0.2, -0.15) is 0 Å². The van der Waals surface area contributed by atoms with Crippen LogP contribution in [0.2, 0.25) is 0 Å². The Morgan fingerprint density at radius 1 is 1.29 bits per heavy atom. The van der Waals surface area contributed by atoms with Crippen LogP contribution in [0.15, 0.2) is 30.5 Å². The topological polar surface area (TPSA) is 57.4 Å². The van der Waals surface area contributed by atoms with Gasteiger partial charge in [-0.1, -0.05) is 25.2 Å². The number of rotatable bonds is 5. The Kier molecular flexibility index (Phi) is 4.75. The van der Waals surface area contributed by atoms with E-state index in [-0.39, 0.29) is 4.99 Å². The molecule has 0 aliphatic carbocycles. The van der Waals surface area contributed by atoms with Gasteiger partial charge < -0.3 is 15.2 Å². The maximum absolute atomic E-state index is 5.87. The van der Waals surface area contributed by atoms with Gasteiger partial charge >= 0.3 is 0 Å². The fourth-order valence-electron chi connectivity index (χ4n) is 2.03. The molecular formula is C16H18N2O2S. The van der Waals surface area contributed by atoms with E-state index in [1.165, 1.54) is 5.56 Å². The monoisotopic (exact) mass is 302 g/mol. The van der Waals surface area contributed by atoms with Crippen molar-refractivity contribution >= 4 is 17.2 Å². The first-order valence-electron chi connectivity index (χ1n) is 6.67. The minimum absolute atomic E-state index is 0.264. The van der Waals surface area contributed by atoms with Crippen molar-refractivity contribution in [1.29, 1.82) is 0 Å². The summed E-state index contributed by atoms with van der Waals surface area (Å²) in [5.74, 6) is 1.64. The van der Waals surface area contributed by atoms with Crippen LogP contribution in [0, 0.1) is 6.92 Å². The molecule has 0 aliphatic rings. The Bertz CT molecular complexity index is 671. The highest BCUT2D eigenvalue weighted by Gasteiger charge is 2.14. The highest BCUT2D eigenvalue weighted by molar-refractivity contribution is 7.80. The number of pyridine rings is 1. The van der Waals surface area contributed by atoms with Crippen molar-refractivity contribution in [3.63, 3.8) is 0 Å². The Labute approximate surface area is 129 Å².